The fraction of sp³-hybridized carbons (Fsp3) is 0.196. The Hall–Kier alpha value is -5.14. The van der Waals surface area contributed by atoms with E-state index in [1.165, 1.54) is 32.3 Å². The van der Waals surface area contributed by atoms with E-state index < -0.39 is 13.3 Å². The molecule has 0 aliphatic heterocycles. The van der Waals surface area contributed by atoms with Gasteiger partial charge in [-0.25, -0.2) is 4.98 Å². The van der Waals surface area contributed by atoms with E-state index in [9.17, 15) is 0 Å². The molecule has 0 unspecified atom stereocenters. The molecule has 4 heterocycles. The summed E-state index contributed by atoms with van der Waals surface area (Å²) >= 11 is -1.86. The predicted molar refractivity (Wildman–Crippen MR) is 240 cm³/mol. The number of aryl methyl sites for hydroxylation is 1. The minimum Gasteiger partial charge on any atom is 0 e. The molecule has 0 saturated heterocycles. The summed E-state index contributed by atoms with van der Waals surface area (Å²) in [7, 11) is 0. The largest absolute Gasteiger partial charge is 0 e. The van der Waals surface area contributed by atoms with Crippen molar-refractivity contribution in [2.75, 3.05) is 0 Å². The Morgan fingerprint density at radius 2 is 1.45 bits per heavy atom. The van der Waals surface area contributed by atoms with E-state index in [0.717, 1.165) is 44.5 Å². The zero-order valence-electron chi connectivity index (χ0n) is 37.2. The summed E-state index contributed by atoms with van der Waals surface area (Å²) in [4.78, 5) is 14.2. The average molecular weight is 1000 g/mol. The van der Waals surface area contributed by atoms with Gasteiger partial charge in [0, 0.05) is 36.9 Å². The standard InChI is InChI=1S/C37H32N3O.C14H16GeN.Ir/c1-22(2)29-20-27(25-11-7-6-8-12-25)21-30(23(3)4)35(29)40-33-14-10-9-13-32(33)39-36(40)26-16-18-34-31(19-26)28-17-15-24(5)38-37(28)41-34;1-15(2,3)13-9-10-14(16-11-13)12-7-5-4-6-8-12;/h6-15,17-23H,1-5H3;4-7,9-11H,1-3H3;/q2*-1;/i;4D,5D,6D;. The Labute approximate surface area is 362 Å². The van der Waals surface area contributed by atoms with Crippen molar-refractivity contribution in [3.8, 4) is 39.5 Å². The number of aromatic nitrogens is 4. The van der Waals surface area contributed by atoms with Crippen molar-refractivity contribution in [3.63, 3.8) is 0 Å². The van der Waals surface area contributed by atoms with Crippen molar-refractivity contribution in [2.24, 2.45) is 0 Å². The minimum absolute atomic E-state index is 0. The van der Waals surface area contributed by atoms with Crippen molar-refractivity contribution in [1.29, 1.82) is 0 Å². The zero-order valence-corrected chi connectivity index (χ0v) is 38.6. The molecule has 5 aromatic carbocycles. The van der Waals surface area contributed by atoms with Crippen LogP contribution in [0, 0.1) is 19.1 Å². The van der Waals surface area contributed by atoms with Crippen molar-refractivity contribution in [3.05, 3.63) is 162 Å². The molecule has 5 nitrogen and oxygen atoms in total. The van der Waals surface area contributed by atoms with E-state index in [2.05, 4.69) is 157 Å². The first-order valence-electron chi connectivity index (χ1n) is 21.1. The quantitative estimate of drug-likeness (QED) is 0.118. The van der Waals surface area contributed by atoms with Gasteiger partial charge in [0.15, 0.2) is 0 Å². The van der Waals surface area contributed by atoms with Crippen LogP contribution in [-0.2, 0) is 20.1 Å². The maximum absolute atomic E-state index is 7.65. The Morgan fingerprint density at radius 1 is 0.724 bits per heavy atom. The smallest absolute Gasteiger partial charge is 0 e. The van der Waals surface area contributed by atoms with Crippen molar-refractivity contribution < 1.29 is 28.6 Å². The van der Waals surface area contributed by atoms with Crippen LogP contribution < -0.4 is 4.40 Å². The molecule has 7 heteroatoms. The zero-order chi connectivity index (χ0) is 42.5. The molecule has 0 spiro atoms. The number of imidazole rings is 1. The second kappa shape index (κ2) is 17.0. The van der Waals surface area contributed by atoms with Gasteiger partial charge in [0.2, 0.25) is 5.71 Å². The van der Waals surface area contributed by atoms with Gasteiger partial charge in [-0.2, -0.15) is 0 Å². The number of rotatable bonds is 7. The third-order valence-corrected chi connectivity index (χ3v) is 14.7. The molecule has 9 aromatic rings. The Balaban J connectivity index is 0.000000237. The van der Waals surface area contributed by atoms with E-state index in [0.29, 0.717) is 28.8 Å². The van der Waals surface area contributed by atoms with Crippen LogP contribution in [0.5, 0.6) is 0 Å². The second-order valence-electron chi connectivity index (χ2n) is 16.2. The topological polar surface area (TPSA) is 56.7 Å². The normalized spacial score (nSPS) is 12.3. The first-order valence-corrected chi connectivity index (χ1v) is 26.9. The Bertz CT molecular complexity index is 2970. The third kappa shape index (κ3) is 8.24. The summed E-state index contributed by atoms with van der Waals surface area (Å²) in [5.74, 6) is 8.40. The molecule has 0 atom stereocenters. The third-order valence-electron chi connectivity index (χ3n) is 10.4. The van der Waals surface area contributed by atoms with E-state index in [1.807, 2.05) is 31.3 Å². The van der Waals surface area contributed by atoms with Gasteiger partial charge in [-0.1, -0.05) is 75.5 Å². The fourth-order valence-electron chi connectivity index (χ4n) is 7.28. The summed E-state index contributed by atoms with van der Waals surface area (Å²) in [6, 6.07) is 43.8. The average Bonchev–Trinajstić information content (AvgIpc) is 3.80. The second-order valence-corrected chi connectivity index (χ2v) is 26.9. The molecule has 0 saturated carbocycles. The molecule has 0 fully saturated rings. The van der Waals surface area contributed by atoms with E-state index in [1.54, 1.807) is 6.07 Å². The Kier molecular flexibility index (Phi) is 10.9. The van der Waals surface area contributed by atoms with Gasteiger partial charge < -0.3 is 8.98 Å². The number of furan rings is 1. The van der Waals surface area contributed by atoms with Crippen LogP contribution in [0.15, 0.2) is 138 Å². The SMILES string of the molecule is Cc1ccc2c(n1)oc1c[c-]c(-c3nc4ccccc4n3-c3c(C(C)C)cc(-c4ccccc4)cc3C(C)C)cc12.[2H]c1[c-]c(-c2cc[c]([Ge]([CH3])([CH3])[CH3])cn2)cc([2H])c1[2H].[Ir]. The number of pyridine rings is 2. The number of fused-ring (bicyclic) bond motifs is 4. The first-order chi connectivity index (χ1) is 28.7. The number of hydrogen-bond donors (Lipinski definition) is 0. The molecular formula is C51H48GeIrN4O-2. The van der Waals surface area contributed by atoms with Gasteiger partial charge >= 0.3 is 104 Å². The molecular weight excluding hydrogens is 949 g/mol. The summed E-state index contributed by atoms with van der Waals surface area (Å²) in [5.41, 5.74) is 12.9. The molecule has 0 amide bonds. The van der Waals surface area contributed by atoms with Gasteiger partial charge in [0.25, 0.3) is 0 Å². The molecule has 9 rings (SSSR count). The number of para-hydroxylation sites is 2. The summed E-state index contributed by atoms with van der Waals surface area (Å²) in [5, 5.41) is 2.02. The van der Waals surface area contributed by atoms with Crippen LogP contribution in [0.4, 0.5) is 0 Å². The molecule has 1 radical (unpaired) electrons. The summed E-state index contributed by atoms with van der Waals surface area (Å²) in [6.07, 6.45) is 1.89. The van der Waals surface area contributed by atoms with Gasteiger partial charge in [-0.05, 0) is 77.4 Å². The molecule has 293 valence electrons. The van der Waals surface area contributed by atoms with Crippen LogP contribution in [0.1, 0.15) is 60.5 Å². The van der Waals surface area contributed by atoms with E-state index >= 15 is 0 Å². The van der Waals surface area contributed by atoms with Crippen LogP contribution >= 0.6 is 0 Å². The molecule has 58 heavy (non-hydrogen) atoms. The van der Waals surface area contributed by atoms with Gasteiger partial charge in [-0.3, -0.25) is 4.98 Å². The number of benzene rings is 5. The monoisotopic (exact) mass is 1000 g/mol. The van der Waals surface area contributed by atoms with Crippen LogP contribution in [0.2, 0.25) is 17.3 Å². The predicted octanol–water partition coefficient (Wildman–Crippen LogP) is 13.1. The number of nitrogens with zero attached hydrogens (tertiary/aromatic N) is 4. The summed E-state index contributed by atoms with van der Waals surface area (Å²) < 4.78 is 32.5. The fourth-order valence-corrected chi connectivity index (χ4v) is 9.46. The van der Waals surface area contributed by atoms with Crippen molar-refractivity contribution in [1.82, 2.24) is 19.5 Å². The van der Waals surface area contributed by atoms with E-state index in [4.69, 9.17) is 13.5 Å². The van der Waals surface area contributed by atoms with Gasteiger partial charge in [-0.15, -0.1) is 23.8 Å². The van der Waals surface area contributed by atoms with Gasteiger partial charge in [0.05, 0.1) is 22.4 Å². The van der Waals surface area contributed by atoms with Crippen LogP contribution in [0.25, 0.3) is 72.6 Å². The molecule has 0 aliphatic carbocycles. The van der Waals surface area contributed by atoms with Crippen LogP contribution in [-0.4, -0.2) is 32.8 Å². The Morgan fingerprint density at radius 3 is 2.12 bits per heavy atom. The maximum Gasteiger partial charge on any atom is 0 e. The van der Waals surface area contributed by atoms with E-state index in [-0.39, 0.29) is 38.2 Å². The molecule has 4 aromatic heterocycles. The molecule has 0 aliphatic rings. The molecule has 0 N–H and O–H groups in total. The van der Waals surface area contributed by atoms with Crippen molar-refractivity contribution in [2.45, 2.75) is 63.7 Å². The summed E-state index contributed by atoms with van der Waals surface area (Å²) in [6.45, 7) is 11.1. The van der Waals surface area contributed by atoms with Crippen molar-refractivity contribution >= 4 is 50.8 Å². The minimum atomic E-state index is -1.86. The first kappa shape index (κ1) is 37.2. The molecule has 0 bridgehead atoms. The maximum atomic E-state index is 7.65. The van der Waals surface area contributed by atoms with Crippen LogP contribution in [0.3, 0.4) is 0 Å². The van der Waals surface area contributed by atoms with Gasteiger partial charge in [0.1, 0.15) is 0 Å². The number of hydrogen-bond acceptors (Lipinski definition) is 4.